The summed E-state index contributed by atoms with van der Waals surface area (Å²) in [4.78, 5) is 15.5. The number of nitrogens with zero attached hydrogens (tertiary/aromatic N) is 3. The third-order valence-electron chi connectivity index (χ3n) is 2.29. The lowest BCUT2D eigenvalue weighted by Crippen LogP contribution is -2.36. The van der Waals surface area contributed by atoms with Crippen LogP contribution in [0.3, 0.4) is 0 Å². The lowest BCUT2D eigenvalue weighted by Gasteiger charge is -2.14. The molecule has 3 N–H and O–H groups in total. The number of aromatic nitrogens is 3. The van der Waals surface area contributed by atoms with Gasteiger partial charge < -0.3 is 11.1 Å². The van der Waals surface area contributed by atoms with Gasteiger partial charge in [-0.15, -0.1) is 5.10 Å². The number of anilines is 1. The molecule has 1 heterocycles. The van der Waals surface area contributed by atoms with Crippen LogP contribution in [0.25, 0.3) is 0 Å². The van der Waals surface area contributed by atoms with E-state index in [0.717, 1.165) is 12.8 Å². The molecule has 16 heavy (non-hydrogen) atoms. The first kappa shape index (κ1) is 13.0. The Morgan fingerprint density at radius 3 is 2.62 bits per heavy atom. The van der Waals surface area contributed by atoms with Crippen LogP contribution in [0.1, 0.15) is 26.7 Å². The third kappa shape index (κ3) is 3.48. The quantitative estimate of drug-likeness (QED) is 0.844. The molecular formula is C9H16BrN5O. The van der Waals surface area contributed by atoms with E-state index >= 15 is 0 Å². The Morgan fingerprint density at radius 1 is 1.56 bits per heavy atom. The molecule has 0 radical (unpaired) electrons. The van der Waals surface area contributed by atoms with Gasteiger partial charge in [0.05, 0.1) is 0 Å². The van der Waals surface area contributed by atoms with Gasteiger partial charge in [-0.1, -0.05) is 13.8 Å². The zero-order valence-corrected chi connectivity index (χ0v) is 11.0. The van der Waals surface area contributed by atoms with E-state index in [1.165, 1.54) is 4.68 Å². The van der Waals surface area contributed by atoms with Crippen molar-refractivity contribution in [2.75, 3.05) is 5.73 Å². The summed E-state index contributed by atoms with van der Waals surface area (Å²) in [6.07, 6.45) is 1.84. The summed E-state index contributed by atoms with van der Waals surface area (Å²) in [5.74, 6) is 0.0708. The first-order valence-corrected chi connectivity index (χ1v) is 6.01. The van der Waals surface area contributed by atoms with Crippen molar-refractivity contribution in [2.24, 2.45) is 0 Å². The summed E-state index contributed by atoms with van der Waals surface area (Å²) in [6, 6.07) is 0.215. The van der Waals surface area contributed by atoms with Crippen LogP contribution < -0.4 is 11.1 Å². The molecule has 0 aromatic carbocycles. The molecule has 0 fully saturated rings. The highest BCUT2D eigenvalue weighted by molar-refractivity contribution is 9.10. The summed E-state index contributed by atoms with van der Waals surface area (Å²) in [6.45, 7) is 4.21. The second-order valence-electron chi connectivity index (χ2n) is 3.48. The maximum absolute atomic E-state index is 11.6. The van der Waals surface area contributed by atoms with Crippen molar-refractivity contribution in [1.82, 2.24) is 20.1 Å². The Hall–Kier alpha value is -1.11. The largest absolute Gasteiger partial charge is 0.366 e. The molecule has 0 aliphatic carbocycles. The minimum absolute atomic E-state index is 0.0840. The predicted molar refractivity (Wildman–Crippen MR) is 64.6 cm³/mol. The fourth-order valence-electron chi connectivity index (χ4n) is 1.34. The molecular weight excluding hydrogens is 274 g/mol. The Labute approximate surface area is 103 Å². The predicted octanol–water partition coefficient (Wildman–Crippen LogP) is 0.928. The van der Waals surface area contributed by atoms with E-state index in [4.69, 9.17) is 5.73 Å². The highest BCUT2D eigenvalue weighted by Crippen LogP contribution is 2.07. The molecule has 90 valence electrons. The van der Waals surface area contributed by atoms with E-state index < -0.39 is 0 Å². The number of nitrogens with two attached hydrogens (primary N) is 1. The molecule has 0 aliphatic heterocycles. The molecule has 0 unspecified atom stereocenters. The van der Waals surface area contributed by atoms with Crippen molar-refractivity contribution < 1.29 is 4.79 Å². The van der Waals surface area contributed by atoms with Crippen molar-refractivity contribution in [3.63, 3.8) is 0 Å². The minimum Gasteiger partial charge on any atom is -0.366 e. The van der Waals surface area contributed by atoms with Crippen LogP contribution >= 0.6 is 15.9 Å². The summed E-state index contributed by atoms with van der Waals surface area (Å²) >= 11 is 3.18. The molecule has 0 atom stereocenters. The highest BCUT2D eigenvalue weighted by atomic mass is 79.9. The number of nitrogen functional groups attached to an aromatic ring is 1. The lowest BCUT2D eigenvalue weighted by atomic mass is 10.2. The molecule has 6 nitrogen and oxygen atoms in total. The lowest BCUT2D eigenvalue weighted by molar-refractivity contribution is -0.122. The molecule has 1 aromatic heterocycles. The normalized spacial score (nSPS) is 10.8. The second kappa shape index (κ2) is 5.83. The molecule has 0 saturated carbocycles. The Balaban J connectivity index is 2.54. The van der Waals surface area contributed by atoms with E-state index in [9.17, 15) is 4.79 Å². The maximum atomic E-state index is 11.6. The Bertz CT molecular complexity index is 361. The standard InChI is InChI=1S/C9H16BrN5O/c1-3-6(4-2)12-7(16)5-15-8(10)13-9(11)14-15/h6H,3-5H2,1-2H3,(H2,11,14)(H,12,16). The zero-order valence-electron chi connectivity index (χ0n) is 9.40. The summed E-state index contributed by atoms with van der Waals surface area (Å²) in [5, 5.41) is 6.80. The Kier molecular flexibility index (Phi) is 4.72. The van der Waals surface area contributed by atoms with Crippen LogP contribution in [-0.4, -0.2) is 26.7 Å². The maximum Gasteiger partial charge on any atom is 0.242 e. The molecule has 0 aliphatic rings. The first-order valence-electron chi connectivity index (χ1n) is 5.22. The smallest absolute Gasteiger partial charge is 0.242 e. The number of amides is 1. The average molecular weight is 290 g/mol. The summed E-state index contributed by atoms with van der Waals surface area (Å²) < 4.78 is 1.89. The number of halogens is 1. The third-order valence-corrected chi connectivity index (χ3v) is 2.87. The highest BCUT2D eigenvalue weighted by Gasteiger charge is 2.12. The van der Waals surface area contributed by atoms with Crippen LogP contribution in [0.2, 0.25) is 0 Å². The monoisotopic (exact) mass is 289 g/mol. The van der Waals surface area contributed by atoms with E-state index in [1.54, 1.807) is 0 Å². The summed E-state index contributed by atoms with van der Waals surface area (Å²) in [7, 11) is 0. The van der Waals surface area contributed by atoms with Gasteiger partial charge in [-0.2, -0.15) is 4.98 Å². The van der Waals surface area contributed by atoms with Crippen molar-refractivity contribution in [1.29, 1.82) is 0 Å². The molecule has 1 amide bonds. The van der Waals surface area contributed by atoms with Gasteiger partial charge in [0.25, 0.3) is 0 Å². The number of nitrogens with one attached hydrogen (secondary N) is 1. The second-order valence-corrected chi connectivity index (χ2v) is 4.19. The number of hydrogen-bond acceptors (Lipinski definition) is 4. The minimum atomic E-state index is -0.0840. The average Bonchev–Trinajstić information content (AvgIpc) is 2.54. The van der Waals surface area contributed by atoms with Crippen LogP contribution in [0, 0.1) is 0 Å². The van der Waals surface area contributed by atoms with Gasteiger partial charge in [0.15, 0.2) is 4.73 Å². The van der Waals surface area contributed by atoms with Gasteiger partial charge in [-0.3, -0.25) is 4.79 Å². The fraction of sp³-hybridized carbons (Fsp3) is 0.667. The van der Waals surface area contributed by atoms with Crippen LogP contribution in [0.15, 0.2) is 4.73 Å². The molecule has 0 bridgehead atoms. The van der Waals surface area contributed by atoms with Crippen LogP contribution in [0.5, 0.6) is 0 Å². The number of rotatable bonds is 5. The van der Waals surface area contributed by atoms with Crippen LogP contribution in [0.4, 0.5) is 5.95 Å². The number of carbonyl (C=O) groups is 1. The molecule has 1 rings (SSSR count). The van der Waals surface area contributed by atoms with E-state index in [-0.39, 0.29) is 24.4 Å². The van der Waals surface area contributed by atoms with Crippen molar-refractivity contribution in [2.45, 2.75) is 39.3 Å². The van der Waals surface area contributed by atoms with Gasteiger partial charge in [-0.25, -0.2) is 4.68 Å². The van der Waals surface area contributed by atoms with Gasteiger partial charge in [0.2, 0.25) is 11.9 Å². The van der Waals surface area contributed by atoms with Crippen molar-refractivity contribution in [3.05, 3.63) is 4.73 Å². The Morgan fingerprint density at radius 2 is 2.19 bits per heavy atom. The van der Waals surface area contributed by atoms with Gasteiger partial charge in [-0.05, 0) is 28.8 Å². The van der Waals surface area contributed by atoms with E-state index in [0.29, 0.717) is 4.73 Å². The SMILES string of the molecule is CCC(CC)NC(=O)Cn1nc(N)nc1Br. The van der Waals surface area contributed by atoms with Crippen molar-refractivity contribution >= 4 is 27.8 Å². The summed E-state index contributed by atoms with van der Waals surface area (Å²) in [5.41, 5.74) is 5.40. The number of hydrogen-bond donors (Lipinski definition) is 2. The van der Waals surface area contributed by atoms with Gasteiger partial charge in [0, 0.05) is 6.04 Å². The molecule has 1 aromatic rings. The fourth-order valence-corrected chi connectivity index (χ4v) is 1.73. The molecule has 7 heteroatoms. The van der Waals surface area contributed by atoms with Crippen LogP contribution in [-0.2, 0) is 11.3 Å². The van der Waals surface area contributed by atoms with E-state index in [2.05, 4.69) is 31.3 Å². The molecule has 0 saturated heterocycles. The van der Waals surface area contributed by atoms with Crippen molar-refractivity contribution in [3.8, 4) is 0 Å². The topological polar surface area (TPSA) is 85.8 Å². The first-order chi connectivity index (χ1) is 7.56. The van der Waals surface area contributed by atoms with Gasteiger partial charge in [0.1, 0.15) is 6.54 Å². The number of carbonyl (C=O) groups excluding carboxylic acids is 1. The molecule has 0 spiro atoms. The zero-order chi connectivity index (χ0) is 12.1. The van der Waals surface area contributed by atoms with Gasteiger partial charge >= 0.3 is 0 Å². The van der Waals surface area contributed by atoms with E-state index in [1.807, 2.05) is 13.8 Å².